The van der Waals surface area contributed by atoms with Crippen molar-refractivity contribution in [1.29, 1.82) is 0 Å². The first kappa shape index (κ1) is 11.6. The van der Waals surface area contributed by atoms with Gasteiger partial charge in [0.1, 0.15) is 0 Å². The van der Waals surface area contributed by atoms with Crippen LogP contribution < -0.4 is 5.73 Å². The van der Waals surface area contributed by atoms with E-state index in [1.807, 2.05) is 22.4 Å². The minimum atomic E-state index is 0.238. The third-order valence-corrected chi connectivity index (χ3v) is 4.02. The minimum absolute atomic E-state index is 0.238. The number of amides is 1. The summed E-state index contributed by atoms with van der Waals surface area (Å²) in [4.78, 5) is 15.2. The zero-order chi connectivity index (χ0) is 11.5. The number of nitrogens with two attached hydrogens (primary N) is 1. The van der Waals surface area contributed by atoms with Crippen LogP contribution in [0.5, 0.6) is 0 Å². The summed E-state index contributed by atoms with van der Waals surface area (Å²) in [6, 6.07) is 4.56. The van der Waals surface area contributed by atoms with Crippen molar-refractivity contribution in [2.45, 2.75) is 38.3 Å². The van der Waals surface area contributed by atoms with Crippen molar-refractivity contribution < 1.29 is 4.79 Å². The van der Waals surface area contributed by atoms with Crippen LogP contribution in [0.15, 0.2) is 17.5 Å². The molecule has 1 amide bonds. The van der Waals surface area contributed by atoms with E-state index in [0.29, 0.717) is 6.42 Å². The largest absolute Gasteiger partial charge is 0.340 e. The van der Waals surface area contributed by atoms with Crippen LogP contribution in [0.1, 0.15) is 24.6 Å². The van der Waals surface area contributed by atoms with E-state index in [1.165, 1.54) is 0 Å². The molecule has 2 rings (SSSR count). The molecule has 2 heterocycles. The van der Waals surface area contributed by atoms with Gasteiger partial charge in [0, 0.05) is 23.5 Å². The molecule has 88 valence electrons. The van der Waals surface area contributed by atoms with E-state index in [0.717, 1.165) is 24.3 Å². The highest BCUT2D eigenvalue weighted by molar-refractivity contribution is 7.10. The van der Waals surface area contributed by atoms with Crippen LogP contribution in [0.4, 0.5) is 0 Å². The quantitative estimate of drug-likeness (QED) is 0.851. The fourth-order valence-corrected chi connectivity index (χ4v) is 2.94. The van der Waals surface area contributed by atoms with E-state index in [1.54, 1.807) is 11.3 Å². The number of hydrogen-bond donors (Lipinski definition) is 1. The van der Waals surface area contributed by atoms with Gasteiger partial charge in [-0.3, -0.25) is 4.79 Å². The molecule has 3 nitrogen and oxygen atoms in total. The summed E-state index contributed by atoms with van der Waals surface area (Å²) in [7, 11) is 0. The highest BCUT2D eigenvalue weighted by atomic mass is 32.1. The van der Waals surface area contributed by atoms with Gasteiger partial charge in [0.25, 0.3) is 0 Å². The first-order chi connectivity index (χ1) is 7.66. The Balaban J connectivity index is 1.94. The van der Waals surface area contributed by atoms with E-state index in [9.17, 15) is 4.79 Å². The van der Waals surface area contributed by atoms with Gasteiger partial charge >= 0.3 is 0 Å². The standard InChI is InChI=1S/C12H18N2OS/c1-9-7-10(13)4-5-14(9)12(15)8-11-3-2-6-16-11/h2-3,6,9-10H,4-5,7-8,13H2,1H3. The van der Waals surface area contributed by atoms with Crippen molar-refractivity contribution in [3.05, 3.63) is 22.4 Å². The van der Waals surface area contributed by atoms with Gasteiger partial charge in [0.2, 0.25) is 5.91 Å². The van der Waals surface area contributed by atoms with Gasteiger partial charge in [0.15, 0.2) is 0 Å². The average Bonchev–Trinajstić information content (AvgIpc) is 2.70. The van der Waals surface area contributed by atoms with Gasteiger partial charge in [-0.05, 0) is 31.2 Å². The predicted molar refractivity (Wildman–Crippen MR) is 66.4 cm³/mol. The van der Waals surface area contributed by atoms with E-state index in [2.05, 4.69) is 6.92 Å². The molecule has 1 aliphatic rings. The first-order valence-electron chi connectivity index (χ1n) is 5.74. The molecule has 4 heteroatoms. The highest BCUT2D eigenvalue weighted by Crippen LogP contribution is 2.18. The number of rotatable bonds is 2. The molecule has 1 aliphatic heterocycles. The Morgan fingerprint density at radius 3 is 3.12 bits per heavy atom. The Morgan fingerprint density at radius 1 is 1.69 bits per heavy atom. The summed E-state index contributed by atoms with van der Waals surface area (Å²) in [6.07, 6.45) is 2.40. The first-order valence-corrected chi connectivity index (χ1v) is 6.62. The number of thiophene rings is 1. The lowest BCUT2D eigenvalue weighted by atomic mass is 9.99. The summed E-state index contributed by atoms with van der Waals surface area (Å²) in [6.45, 7) is 2.90. The van der Waals surface area contributed by atoms with Crippen molar-refractivity contribution in [1.82, 2.24) is 4.90 Å². The predicted octanol–water partition coefficient (Wildman–Crippen LogP) is 1.63. The van der Waals surface area contributed by atoms with Gasteiger partial charge < -0.3 is 10.6 Å². The SMILES string of the molecule is CC1CC(N)CCN1C(=O)Cc1cccs1. The Bertz CT molecular complexity index is 350. The summed E-state index contributed by atoms with van der Waals surface area (Å²) in [5.74, 6) is 0.238. The Labute approximate surface area is 100 Å². The van der Waals surface area contributed by atoms with Gasteiger partial charge in [-0.25, -0.2) is 0 Å². The number of carbonyl (C=O) groups is 1. The van der Waals surface area contributed by atoms with E-state index in [4.69, 9.17) is 5.73 Å². The molecule has 1 aromatic rings. The molecule has 0 radical (unpaired) electrons. The zero-order valence-electron chi connectivity index (χ0n) is 9.56. The van der Waals surface area contributed by atoms with Crippen LogP contribution in [0.3, 0.4) is 0 Å². The third-order valence-electron chi connectivity index (χ3n) is 3.14. The summed E-state index contributed by atoms with van der Waals surface area (Å²) in [5.41, 5.74) is 5.89. The molecular weight excluding hydrogens is 220 g/mol. The van der Waals surface area contributed by atoms with Crippen LogP contribution in [0, 0.1) is 0 Å². The Morgan fingerprint density at radius 2 is 2.50 bits per heavy atom. The molecular formula is C12H18N2OS. The maximum Gasteiger partial charge on any atom is 0.228 e. The fourth-order valence-electron chi connectivity index (χ4n) is 2.24. The molecule has 1 saturated heterocycles. The second-order valence-electron chi connectivity index (χ2n) is 4.48. The van der Waals surface area contributed by atoms with Gasteiger partial charge in [-0.1, -0.05) is 6.07 Å². The number of carbonyl (C=O) groups excluding carboxylic acids is 1. The number of piperidine rings is 1. The van der Waals surface area contributed by atoms with Crippen molar-refractivity contribution in [2.75, 3.05) is 6.54 Å². The molecule has 0 aromatic carbocycles. The summed E-state index contributed by atoms with van der Waals surface area (Å²) in [5, 5.41) is 2.01. The zero-order valence-corrected chi connectivity index (χ0v) is 10.4. The lowest BCUT2D eigenvalue weighted by molar-refractivity contribution is -0.133. The summed E-state index contributed by atoms with van der Waals surface area (Å²) < 4.78 is 0. The van der Waals surface area contributed by atoms with Crippen molar-refractivity contribution in [2.24, 2.45) is 5.73 Å². The lowest BCUT2D eigenvalue weighted by Gasteiger charge is -2.36. The molecule has 1 aromatic heterocycles. The van der Waals surface area contributed by atoms with Gasteiger partial charge in [-0.2, -0.15) is 0 Å². The number of likely N-dealkylation sites (tertiary alicyclic amines) is 1. The third kappa shape index (κ3) is 2.62. The molecule has 0 bridgehead atoms. The fraction of sp³-hybridized carbons (Fsp3) is 0.583. The van der Waals surface area contributed by atoms with E-state index in [-0.39, 0.29) is 18.0 Å². The minimum Gasteiger partial charge on any atom is -0.340 e. The van der Waals surface area contributed by atoms with Gasteiger partial charge in [0.05, 0.1) is 6.42 Å². The van der Waals surface area contributed by atoms with E-state index < -0.39 is 0 Å². The normalized spacial score (nSPS) is 25.8. The Kier molecular flexibility index (Phi) is 3.61. The Hall–Kier alpha value is -0.870. The summed E-state index contributed by atoms with van der Waals surface area (Å²) >= 11 is 1.64. The van der Waals surface area contributed by atoms with Crippen LogP contribution in [-0.4, -0.2) is 29.4 Å². The molecule has 0 aliphatic carbocycles. The highest BCUT2D eigenvalue weighted by Gasteiger charge is 2.26. The molecule has 16 heavy (non-hydrogen) atoms. The number of nitrogens with zero attached hydrogens (tertiary/aromatic N) is 1. The smallest absolute Gasteiger partial charge is 0.228 e. The molecule has 0 saturated carbocycles. The van der Waals surface area contributed by atoms with Crippen LogP contribution in [0.25, 0.3) is 0 Å². The topological polar surface area (TPSA) is 46.3 Å². The molecule has 2 unspecified atom stereocenters. The van der Waals surface area contributed by atoms with Crippen molar-refractivity contribution >= 4 is 17.2 Å². The number of hydrogen-bond acceptors (Lipinski definition) is 3. The lowest BCUT2D eigenvalue weighted by Crippen LogP contribution is -2.48. The maximum absolute atomic E-state index is 12.1. The second kappa shape index (κ2) is 4.97. The monoisotopic (exact) mass is 238 g/mol. The van der Waals surface area contributed by atoms with Crippen LogP contribution in [0.2, 0.25) is 0 Å². The maximum atomic E-state index is 12.1. The van der Waals surface area contributed by atoms with Crippen LogP contribution >= 0.6 is 11.3 Å². The molecule has 1 fully saturated rings. The molecule has 2 N–H and O–H groups in total. The van der Waals surface area contributed by atoms with Crippen molar-refractivity contribution in [3.63, 3.8) is 0 Å². The van der Waals surface area contributed by atoms with Gasteiger partial charge in [-0.15, -0.1) is 11.3 Å². The van der Waals surface area contributed by atoms with Crippen LogP contribution in [-0.2, 0) is 11.2 Å². The molecule has 2 atom stereocenters. The second-order valence-corrected chi connectivity index (χ2v) is 5.51. The average molecular weight is 238 g/mol. The molecule has 0 spiro atoms. The van der Waals surface area contributed by atoms with E-state index >= 15 is 0 Å². The van der Waals surface area contributed by atoms with Crippen molar-refractivity contribution in [3.8, 4) is 0 Å².